The second-order valence-electron chi connectivity index (χ2n) is 7.30. The zero-order valence-corrected chi connectivity index (χ0v) is 16.8. The van der Waals surface area contributed by atoms with E-state index in [1.807, 2.05) is 42.5 Å². The van der Waals surface area contributed by atoms with Crippen molar-refractivity contribution in [1.29, 1.82) is 0 Å². The Kier molecular flexibility index (Phi) is 5.42. The van der Waals surface area contributed by atoms with Gasteiger partial charge in [-0.3, -0.25) is 4.79 Å². The van der Waals surface area contributed by atoms with Crippen LogP contribution in [0, 0.1) is 13.8 Å². The van der Waals surface area contributed by atoms with E-state index in [9.17, 15) is 4.79 Å². The molecule has 1 aliphatic rings. The van der Waals surface area contributed by atoms with Crippen LogP contribution < -0.4 is 10.2 Å². The molecule has 1 fully saturated rings. The zero-order valence-electron chi connectivity index (χ0n) is 16.8. The molecule has 0 aliphatic carbocycles. The maximum Gasteiger partial charge on any atom is 0.209 e. The second kappa shape index (κ2) is 8.31. The van der Waals surface area contributed by atoms with E-state index in [2.05, 4.69) is 36.2 Å². The van der Waals surface area contributed by atoms with Gasteiger partial charge in [-0.2, -0.15) is 0 Å². The highest BCUT2D eigenvalue weighted by atomic mass is 16.1. The first-order valence-electron chi connectivity index (χ1n) is 9.86. The number of amides is 1. The zero-order chi connectivity index (χ0) is 20.2. The topological polar surface area (TPSA) is 61.4 Å². The van der Waals surface area contributed by atoms with Gasteiger partial charge < -0.3 is 15.1 Å². The minimum Gasteiger partial charge on any atom is -0.353 e. The number of rotatable bonds is 5. The van der Waals surface area contributed by atoms with Gasteiger partial charge >= 0.3 is 0 Å². The number of piperazine rings is 1. The largest absolute Gasteiger partial charge is 0.353 e. The van der Waals surface area contributed by atoms with Crippen LogP contribution in [0.1, 0.15) is 11.1 Å². The third-order valence-electron chi connectivity index (χ3n) is 5.40. The van der Waals surface area contributed by atoms with Gasteiger partial charge in [0.15, 0.2) is 5.82 Å². The van der Waals surface area contributed by atoms with Crippen LogP contribution >= 0.6 is 0 Å². The summed E-state index contributed by atoms with van der Waals surface area (Å²) in [7, 11) is 0. The lowest BCUT2D eigenvalue weighted by Crippen LogP contribution is -2.46. The van der Waals surface area contributed by atoms with E-state index < -0.39 is 0 Å². The van der Waals surface area contributed by atoms with Crippen molar-refractivity contribution in [3.05, 3.63) is 65.7 Å². The van der Waals surface area contributed by atoms with E-state index >= 15 is 0 Å². The summed E-state index contributed by atoms with van der Waals surface area (Å²) in [5.74, 6) is 2.33. The number of nitrogens with one attached hydrogen (secondary N) is 1. The molecule has 0 unspecified atom stereocenters. The van der Waals surface area contributed by atoms with Crippen molar-refractivity contribution in [1.82, 2.24) is 14.9 Å². The van der Waals surface area contributed by atoms with Crippen LogP contribution in [0.2, 0.25) is 0 Å². The number of aromatic nitrogens is 2. The van der Waals surface area contributed by atoms with E-state index in [1.54, 1.807) is 4.90 Å². The highest BCUT2D eigenvalue weighted by Gasteiger charge is 2.19. The summed E-state index contributed by atoms with van der Waals surface area (Å²) in [6, 6.07) is 18.2. The van der Waals surface area contributed by atoms with E-state index in [-0.39, 0.29) is 0 Å². The Bertz CT molecular complexity index is 997. The lowest BCUT2D eigenvalue weighted by atomic mass is 10.1. The standard InChI is InChI=1S/C23H25N5O/c1-17-7-6-10-20(18(17)2)24-21-15-22(28-13-11-27(16-29)12-14-28)26-23(25-21)19-8-4-3-5-9-19/h3-10,15-16H,11-14H2,1-2H3,(H,24,25,26). The van der Waals surface area contributed by atoms with Crippen LogP contribution in [-0.4, -0.2) is 47.5 Å². The molecular weight excluding hydrogens is 362 g/mol. The summed E-state index contributed by atoms with van der Waals surface area (Å²) in [5.41, 5.74) is 4.45. The summed E-state index contributed by atoms with van der Waals surface area (Å²) in [6.07, 6.45) is 0.917. The van der Waals surface area contributed by atoms with E-state index in [0.29, 0.717) is 18.9 Å². The van der Waals surface area contributed by atoms with Crippen molar-refractivity contribution in [2.75, 3.05) is 36.4 Å². The van der Waals surface area contributed by atoms with Gasteiger partial charge in [0, 0.05) is 43.5 Å². The Morgan fingerprint density at radius 2 is 1.69 bits per heavy atom. The van der Waals surface area contributed by atoms with Crippen LogP contribution in [0.4, 0.5) is 17.3 Å². The minimum atomic E-state index is 0.689. The van der Waals surface area contributed by atoms with Gasteiger partial charge in [-0.25, -0.2) is 9.97 Å². The molecule has 2 heterocycles. The van der Waals surface area contributed by atoms with Gasteiger partial charge in [-0.05, 0) is 31.0 Å². The molecule has 0 bridgehead atoms. The number of nitrogens with zero attached hydrogens (tertiary/aromatic N) is 4. The molecule has 1 aromatic heterocycles. The molecule has 29 heavy (non-hydrogen) atoms. The minimum absolute atomic E-state index is 0.689. The van der Waals surface area contributed by atoms with Gasteiger partial charge in [-0.15, -0.1) is 0 Å². The fourth-order valence-electron chi connectivity index (χ4n) is 3.46. The van der Waals surface area contributed by atoms with Crippen LogP contribution in [-0.2, 0) is 4.79 Å². The molecule has 6 nitrogen and oxygen atoms in total. The van der Waals surface area contributed by atoms with Crippen molar-refractivity contribution in [3.63, 3.8) is 0 Å². The lowest BCUT2D eigenvalue weighted by molar-refractivity contribution is -0.118. The first kappa shape index (κ1) is 18.9. The van der Waals surface area contributed by atoms with E-state index in [0.717, 1.165) is 42.4 Å². The number of hydrogen-bond acceptors (Lipinski definition) is 5. The van der Waals surface area contributed by atoms with Crippen LogP contribution in [0.5, 0.6) is 0 Å². The molecule has 2 aromatic carbocycles. The molecule has 0 atom stereocenters. The molecule has 0 radical (unpaired) electrons. The molecule has 1 amide bonds. The highest BCUT2D eigenvalue weighted by molar-refractivity contribution is 5.68. The number of hydrogen-bond donors (Lipinski definition) is 1. The Hall–Kier alpha value is -3.41. The second-order valence-corrected chi connectivity index (χ2v) is 7.30. The average Bonchev–Trinajstić information content (AvgIpc) is 2.77. The Morgan fingerprint density at radius 1 is 0.931 bits per heavy atom. The molecule has 3 aromatic rings. The summed E-state index contributed by atoms with van der Waals surface area (Å²) in [5, 5.41) is 3.48. The Labute approximate surface area is 171 Å². The van der Waals surface area contributed by atoms with Crippen LogP contribution in [0.3, 0.4) is 0 Å². The highest BCUT2D eigenvalue weighted by Crippen LogP contribution is 2.27. The number of carbonyl (C=O) groups excluding carboxylic acids is 1. The Morgan fingerprint density at radius 3 is 2.41 bits per heavy atom. The summed E-state index contributed by atoms with van der Waals surface area (Å²) < 4.78 is 0. The molecular formula is C23H25N5O. The van der Waals surface area contributed by atoms with Gasteiger partial charge in [0.1, 0.15) is 11.6 Å². The molecule has 148 valence electrons. The normalized spacial score (nSPS) is 14.0. The quantitative estimate of drug-likeness (QED) is 0.675. The van der Waals surface area contributed by atoms with Gasteiger partial charge in [0.25, 0.3) is 0 Å². The number of aryl methyl sites for hydroxylation is 1. The third kappa shape index (κ3) is 4.21. The monoisotopic (exact) mass is 387 g/mol. The fourth-order valence-corrected chi connectivity index (χ4v) is 3.46. The molecule has 1 N–H and O–H groups in total. The number of benzene rings is 2. The van der Waals surface area contributed by atoms with Gasteiger partial charge in [-0.1, -0.05) is 42.5 Å². The molecule has 0 spiro atoms. The van der Waals surface area contributed by atoms with Crippen molar-refractivity contribution in [2.45, 2.75) is 13.8 Å². The van der Waals surface area contributed by atoms with Crippen molar-refractivity contribution < 1.29 is 4.79 Å². The van der Waals surface area contributed by atoms with Crippen molar-refractivity contribution >= 4 is 23.7 Å². The molecule has 1 aliphatic heterocycles. The average molecular weight is 387 g/mol. The first-order chi connectivity index (χ1) is 14.1. The Balaban J connectivity index is 1.70. The smallest absolute Gasteiger partial charge is 0.209 e. The van der Waals surface area contributed by atoms with Crippen molar-refractivity contribution in [2.24, 2.45) is 0 Å². The maximum absolute atomic E-state index is 11.0. The summed E-state index contributed by atoms with van der Waals surface area (Å²) >= 11 is 0. The molecule has 6 heteroatoms. The third-order valence-corrected chi connectivity index (χ3v) is 5.40. The lowest BCUT2D eigenvalue weighted by Gasteiger charge is -2.33. The summed E-state index contributed by atoms with van der Waals surface area (Å²) in [4.78, 5) is 24.6. The van der Waals surface area contributed by atoms with E-state index in [4.69, 9.17) is 9.97 Å². The van der Waals surface area contributed by atoms with Gasteiger partial charge in [0.05, 0.1) is 0 Å². The van der Waals surface area contributed by atoms with Crippen LogP contribution in [0.25, 0.3) is 11.4 Å². The fraction of sp³-hybridized carbons (Fsp3) is 0.261. The first-order valence-corrected chi connectivity index (χ1v) is 9.86. The van der Waals surface area contributed by atoms with Crippen LogP contribution in [0.15, 0.2) is 54.6 Å². The predicted octanol–water partition coefficient (Wildman–Crippen LogP) is 3.78. The SMILES string of the molecule is Cc1cccc(Nc2cc(N3CCN(C=O)CC3)nc(-c3ccccc3)n2)c1C. The van der Waals surface area contributed by atoms with Gasteiger partial charge in [0.2, 0.25) is 6.41 Å². The molecule has 0 saturated carbocycles. The summed E-state index contributed by atoms with van der Waals surface area (Å²) in [6.45, 7) is 7.13. The number of carbonyl (C=O) groups is 1. The van der Waals surface area contributed by atoms with Crippen molar-refractivity contribution in [3.8, 4) is 11.4 Å². The predicted molar refractivity (Wildman–Crippen MR) is 117 cm³/mol. The number of anilines is 3. The van der Waals surface area contributed by atoms with E-state index in [1.165, 1.54) is 11.1 Å². The maximum atomic E-state index is 11.0. The molecule has 4 rings (SSSR count). The molecule has 1 saturated heterocycles.